The monoisotopic (exact) mass is 240 g/mol. The third-order valence-corrected chi connectivity index (χ3v) is 3.14. The first kappa shape index (κ1) is 11.6. The van der Waals surface area contributed by atoms with Gasteiger partial charge in [-0.2, -0.15) is 0 Å². The van der Waals surface area contributed by atoms with E-state index < -0.39 is 0 Å². The molecule has 1 nitrogen and oxygen atoms in total. The van der Waals surface area contributed by atoms with Gasteiger partial charge in [-0.15, -0.1) is 11.8 Å². The van der Waals surface area contributed by atoms with Crippen molar-refractivity contribution in [3.63, 3.8) is 0 Å². The number of rotatable bonds is 1. The highest BCUT2D eigenvalue weighted by molar-refractivity contribution is 7.98. The molecule has 0 amide bonds. The van der Waals surface area contributed by atoms with Crippen molar-refractivity contribution in [2.45, 2.75) is 4.90 Å². The van der Waals surface area contributed by atoms with E-state index in [-0.39, 0.29) is 5.75 Å². The number of hydrogen-bond acceptors (Lipinski definition) is 2. The Morgan fingerprint density at radius 2 is 1.47 bits per heavy atom. The fourth-order valence-corrected chi connectivity index (χ4v) is 2.02. The molecule has 0 aromatic heterocycles. The highest BCUT2D eigenvalue weighted by atomic mass is 32.2. The van der Waals surface area contributed by atoms with Crippen LogP contribution in [0.15, 0.2) is 53.4 Å². The topological polar surface area (TPSA) is 20.2 Å². The van der Waals surface area contributed by atoms with Crippen LogP contribution in [-0.4, -0.2) is 11.4 Å². The number of phenols is 1. The molecule has 0 bridgehead atoms. The Bertz CT molecular complexity index is 579. The Hall–Kier alpha value is -1.85. The quantitative estimate of drug-likeness (QED) is 0.608. The summed E-state index contributed by atoms with van der Waals surface area (Å²) in [5, 5.41) is 9.61. The summed E-state index contributed by atoms with van der Waals surface area (Å²) in [6.45, 7) is 0. The summed E-state index contributed by atoms with van der Waals surface area (Å²) in [7, 11) is 0. The van der Waals surface area contributed by atoms with Crippen LogP contribution in [0.5, 0.6) is 5.75 Å². The van der Waals surface area contributed by atoms with Gasteiger partial charge in [0, 0.05) is 10.5 Å². The van der Waals surface area contributed by atoms with E-state index in [0.717, 1.165) is 10.5 Å². The largest absolute Gasteiger partial charge is 0.507 e. The standard InChI is InChI=1S/C15H12OS/c1-17-15-9-5-3-7-13(15)11-10-12-6-2-4-8-14(12)16/h2-9,16H,1H3. The molecule has 84 valence electrons. The molecule has 0 saturated heterocycles. The minimum Gasteiger partial charge on any atom is -0.507 e. The van der Waals surface area contributed by atoms with E-state index in [4.69, 9.17) is 0 Å². The SMILES string of the molecule is CSc1ccccc1C#Cc1ccccc1O. The van der Waals surface area contributed by atoms with Crippen LogP contribution in [0, 0.1) is 11.8 Å². The molecule has 2 heteroatoms. The normalized spacial score (nSPS) is 9.47. The Balaban J connectivity index is 2.37. The molecule has 2 aromatic carbocycles. The smallest absolute Gasteiger partial charge is 0.131 e. The van der Waals surface area contributed by atoms with E-state index in [1.165, 1.54) is 0 Å². The Kier molecular flexibility index (Phi) is 3.74. The molecule has 0 atom stereocenters. The molecule has 17 heavy (non-hydrogen) atoms. The molecule has 0 radical (unpaired) electrons. The first-order valence-corrected chi connectivity index (χ1v) is 6.47. The minimum absolute atomic E-state index is 0.224. The van der Waals surface area contributed by atoms with E-state index in [1.54, 1.807) is 23.9 Å². The summed E-state index contributed by atoms with van der Waals surface area (Å²) >= 11 is 1.67. The van der Waals surface area contributed by atoms with Crippen molar-refractivity contribution in [1.82, 2.24) is 0 Å². The second-order valence-corrected chi connectivity index (χ2v) is 4.32. The van der Waals surface area contributed by atoms with Crippen LogP contribution in [0.3, 0.4) is 0 Å². The van der Waals surface area contributed by atoms with Gasteiger partial charge in [0.25, 0.3) is 0 Å². The molecule has 1 N–H and O–H groups in total. The molecule has 0 aliphatic heterocycles. The van der Waals surface area contributed by atoms with Gasteiger partial charge >= 0.3 is 0 Å². The zero-order valence-corrected chi connectivity index (χ0v) is 10.3. The lowest BCUT2D eigenvalue weighted by Crippen LogP contribution is -1.80. The molecule has 0 saturated carbocycles. The van der Waals surface area contributed by atoms with Crippen molar-refractivity contribution >= 4 is 11.8 Å². The van der Waals surface area contributed by atoms with Crippen molar-refractivity contribution in [3.8, 4) is 17.6 Å². The molecule has 0 aliphatic rings. The first-order chi connectivity index (χ1) is 8.31. The summed E-state index contributed by atoms with van der Waals surface area (Å²) in [5.41, 5.74) is 1.65. The zero-order chi connectivity index (χ0) is 12.1. The highest BCUT2D eigenvalue weighted by Gasteiger charge is 1.97. The Morgan fingerprint density at radius 1 is 0.882 bits per heavy atom. The fourth-order valence-electron chi connectivity index (χ4n) is 1.46. The van der Waals surface area contributed by atoms with Gasteiger partial charge in [-0.25, -0.2) is 0 Å². The summed E-state index contributed by atoms with van der Waals surface area (Å²) in [4.78, 5) is 1.15. The number of para-hydroxylation sites is 1. The number of benzene rings is 2. The van der Waals surface area contributed by atoms with E-state index in [2.05, 4.69) is 11.8 Å². The summed E-state index contributed by atoms with van der Waals surface area (Å²) < 4.78 is 0. The van der Waals surface area contributed by atoms with E-state index >= 15 is 0 Å². The minimum atomic E-state index is 0.224. The Morgan fingerprint density at radius 3 is 2.18 bits per heavy atom. The first-order valence-electron chi connectivity index (χ1n) is 5.24. The number of hydrogen-bond donors (Lipinski definition) is 1. The van der Waals surface area contributed by atoms with E-state index in [0.29, 0.717) is 5.56 Å². The lowest BCUT2D eigenvalue weighted by Gasteiger charge is -1.99. The predicted octanol–water partition coefficient (Wildman–Crippen LogP) is 3.51. The van der Waals surface area contributed by atoms with Crippen molar-refractivity contribution in [1.29, 1.82) is 0 Å². The van der Waals surface area contributed by atoms with Crippen molar-refractivity contribution in [3.05, 3.63) is 59.7 Å². The molecule has 0 unspecified atom stereocenters. The molecular formula is C15H12OS. The zero-order valence-electron chi connectivity index (χ0n) is 9.47. The fraction of sp³-hybridized carbons (Fsp3) is 0.0667. The average Bonchev–Trinajstić information content (AvgIpc) is 2.38. The van der Waals surface area contributed by atoms with Gasteiger partial charge in [0.15, 0.2) is 0 Å². The van der Waals surface area contributed by atoms with Gasteiger partial charge in [0.1, 0.15) is 5.75 Å². The van der Waals surface area contributed by atoms with E-state index in [1.807, 2.05) is 42.7 Å². The second kappa shape index (κ2) is 5.47. The molecule has 0 fully saturated rings. The van der Waals surface area contributed by atoms with E-state index in [9.17, 15) is 5.11 Å². The lowest BCUT2D eigenvalue weighted by molar-refractivity contribution is 0.473. The third-order valence-electron chi connectivity index (χ3n) is 2.34. The van der Waals surface area contributed by atoms with Crippen molar-refractivity contribution < 1.29 is 5.11 Å². The van der Waals surface area contributed by atoms with Crippen LogP contribution >= 0.6 is 11.8 Å². The summed E-state index contributed by atoms with van der Waals surface area (Å²) in [5.74, 6) is 6.30. The molecular weight excluding hydrogens is 228 g/mol. The average molecular weight is 240 g/mol. The van der Waals surface area contributed by atoms with Gasteiger partial charge in [-0.3, -0.25) is 0 Å². The molecule has 0 heterocycles. The maximum Gasteiger partial charge on any atom is 0.131 e. The second-order valence-electron chi connectivity index (χ2n) is 3.47. The lowest BCUT2D eigenvalue weighted by atomic mass is 10.1. The molecule has 0 aliphatic carbocycles. The third kappa shape index (κ3) is 2.83. The molecule has 2 rings (SSSR count). The van der Waals surface area contributed by atoms with Crippen molar-refractivity contribution in [2.24, 2.45) is 0 Å². The number of aromatic hydroxyl groups is 1. The van der Waals surface area contributed by atoms with Crippen LogP contribution in [0.2, 0.25) is 0 Å². The van der Waals surface area contributed by atoms with Gasteiger partial charge in [-0.1, -0.05) is 36.1 Å². The van der Waals surface area contributed by atoms with Gasteiger partial charge in [0.2, 0.25) is 0 Å². The summed E-state index contributed by atoms with van der Waals surface area (Å²) in [6, 6.07) is 15.1. The van der Waals surface area contributed by atoms with Crippen LogP contribution < -0.4 is 0 Å². The number of phenolic OH excluding ortho intramolecular Hbond substituents is 1. The number of thioether (sulfide) groups is 1. The van der Waals surface area contributed by atoms with Crippen LogP contribution in [0.1, 0.15) is 11.1 Å². The summed E-state index contributed by atoms with van der Waals surface area (Å²) in [6.07, 6.45) is 2.03. The van der Waals surface area contributed by atoms with Crippen molar-refractivity contribution in [2.75, 3.05) is 6.26 Å². The van der Waals surface area contributed by atoms with Crippen LogP contribution in [0.25, 0.3) is 0 Å². The predicted molar refractivity (Wildman–Crippen MR) is 72.3 cm³/mol. The van der Waals surface area contributed by atoms with Gasteiger partial charge in [0.05, 0.1) is 5.56 Å². The highest BCUT2D eigenvalue weighted by Crippen LogP contribution is 2.19. The van der Waals surface area contributed by atoms with Crippen LogP contribution in [-0.2, 0) is 0 Å². The maximum atomic E-state index is 9.61. The van der Waals surface area contributed by atoms with Crippen LogP contribution in [0.4, 0.5) is 0 Å². The Labute approximate surface area is 105 Å². The maximum absolute atomic E-state index is 9.61. The molecule has 2 aromatic rings. The molecule has 0 spiro atoms. The van der Waals surface area contributed by atoms with Gasteiger partial charge in [-0.05, 0) is 30.5 Å². The van der Waals surface area contributed by atoms with Gasteiger partial charge < -0.3 is 5.11 Å².